The third-order valence-corrected chi connectivity index (χ3v) is 3.30. The van der Waals surface area contributed by atoms with Crippen LogP contribution >= 0.6 is 0 Å². The Balaban J connectivity index is 2.38. The quantitative estimate of drug-likeness (QED) is 0.565. The van der Waals surface area contributed by atoms with Crippen molar-refractivity contribution in [2.24, 2.45) is 17.3 Å². The summed E-state index contributed by atoms with van der Waals surface area (Å²) in [4.78, 5) is 22.0. The predicted molar refractivity (Wildman–Crippen MR) is 37.0 cm³/mol. The zero-order valence-corrected chi connectivity index (χ0v) is 6.33. The standard InChI is InChI=1S/C8H10O3/c1-4-5-2-3-6(9)8(4,5)7(10)11/h4-5H,2-3H2,1H3,(H,10,11)/t4-,5-,8-/m0/s1. The number of aliphatic carboxylic acids is 1. The summed E-state index contributed by atoms with van der Waals surface area (Å²) in [5.74, 6) is -0.728. The summed E-state index contributed by atoms with van der Waals surface area (Å²) in [6.45, 7) is 1.86. The minimum Gasteiger partial charge on any atom is -0.480 e. The SMILES string of the molecule is C[C@H]1[C@@H]2CCC(=O)[C@]12C(=O)O. The highest BCUT2D eigenvalue weighted by molar-refractivity contribution is 6.09. The zero-order chi connectivity index (χ0) is 8.22. The molecule has 2 rings (SSSR count). The van der Waals surface area contributed by atoms with Gasteiger partial charge in [0.25, 0.3) is 0 Å². The first-order valence-corrected chi connectivity index (χ1v) is 3.88. The Morgan fingerprint density at radius 2 is 2.36 bits per heavy atom. The maximum atomic E-state index is 11.2. The fourth-order valence-corrected chi connectivity index (χ4v) is 2.55. The largest absolute Gasteiger partial charge is 0.480 e. The predicted octanol–water partition coefficient (Wildman–Crippen LogP) is 0.686. The molecule has 0 bridgehead atoms. The van der Waals surface area contributed by atoms with E-state index in [4.69, 9.17) is 5.11 Å². The number of ketones is 1. The molecule has 0 aliphatic heterocycles. The van der Waals surface area contributed by atoms with Crippen LogP contribution in [-0.4, -0.2) is 16.9 Å². The molecule has 60 valence electrons. The lowest BCUT2D eigenvalue weighted by Gasteiger charge is -2.04. The molecule has 0 aromatic rings. The maximum absolute atomic E-state index is 11.2. The molecule has 11 heavy (non-hydrogen) atoms. The third-order valence-electron chi connectivity index (χ3n) is 3.30. The van der Waals surface area contributed by atoms with Gasteiger partial charge in [-0.15, -0.1) is 0 Å². The van der Waals surface area contributed by atoms with E-state index in [-0.39, 0.29) is 17.6 Å². The van der Waals surface area contributed by atoms with Crippen LogP contribution in [0.2, 0.25) is 0 Å². The van der Waals surface area contributed by atoms with Crippen molar-refractivity contribution >= 4 is 11.8 Å². The molecule has 3 heteroatoms. The van der Waals surface area contributed by atoms with Gasteiger partial charge in [-0.25, -0.2) is 0 Å². The normalized spacial score (nSPS) is 47.2. The second kappa shape index (κ2) is 1.65. The molecule has 3 nitrogen and oxygen atoms in total. The van der Waals surface area contributed by atoms with Gasteiger partial charge in [-0.1, -0.05) is 6.92 Å². The molecule has 0 aromatic carbocycles. The van der Waals surface area contributed by atoms with Gasteiger partial charge in [0, 0.05) is 6.42 Å². The van der Waals surface area contributed by atoms with Crippen LogP contribution in [0.25, 0.3) is 0 Å². The van der Waals surface area contributed by atoms with Crippen molar-refractivity contribution in [3.63, 3.8) is 0 Å². The Bertz CT molecular complexity index is 246. The fourth-order valence-electron chi connectivity index (χ4n) is 2.55. The molecule has 2 saturated carbocycles. The van der Waals surface area contributed by atoms with E-state index in [1.807, 2.05) is 6.92 Å². The van der Waals surface area contributed by atoms with Gasteiger partial charge in [0.1, 0.15) is 5.41 Å². The topological polar surface area (TPSA) is 54.4 Å². The van der Waals surface area contributed by atoms with Gasteiger partial charge in [-0.3, -0.25) is 9.59 Å². The van der Waals surface area contributed by atoms with Gasteiger partial charge in [0.2, 0.25) is 0 Å². The number of carboxylic acids is 1. The first-order valence-electron chi connectivity index (χ1n) is 3.88. The van der Waals surface area contributed by atoms with Crippen LogP contribution in [0.3, 0.4) is 0 Å². The Kier molecular flexibility index (Phi) is 1.03. The van der Waals surface area contributed by atoms with E-state index in [0.717, 1.165) is 6.42 Å². The molecule has 2 aliphatic rings. The van der Waals surface area contributed by atoms with E-state index < -0.39 is 11.4 Å². The van der Waals surface area contributed by atoms with Gasteiger partial charge >= 0.3 is 5.97 Å². The number of carboxylic acid groups (broad SMARTS) is 1. The number of fused-ring (bicyclic) bond motifs is 1. The van der Waals surface area contributed by atoms with Gasteiger partial charge < -0.3 is 5.11 Å². The van der Waals surface area contributed by atoms with E-state index in [1.165, 1.54) is 0 Å². The highest BCUT2D eigenvalue weighted by Gasteiger charge is 2.74. The Morgan fingerprint density at radius 1 is 1.73 bits per heavy atom. The molecule has 3 atom stereocenters. The molecule has 1 N–H and O–H groups in total. The van der Waals surface area contributed by atoms with E-state index in [0.29, 0.717) is 6.42 Å². The second-order valence-corrected chi connectivity index (χ2v) is 3.53. The summed E-state index contributed by atoms with van der Waals surface area (Å²) in [5, 5.41) is 8.83. The van der Waals surface area contributed by atoms with E-state index in [2.05, 4.69) is 0 Å². The number of hydrogen-bond donors (Lipinski definition) is 1. The van der Waals surface area contributed by atoms with Gasteiger partial charge in [0.05, 0.1) is 0 Å². The van der Waals surface area contributed by atoms with Crippen molar-refractivity contribution in [2.45, 2.75) is 19.8 Å². The van der Waals surface area contributed by atoms with Crippen molar-refractivity contribution in [1.82, 2.24) is 0 Å². The Hall–Kier alpha value is -0.860. The van der Waals surface area contributed by atoms with E-state index in [9.17, 15) is 9.59 Å². The number of carbonyl (C=O) groups is 2. The lowest BCUT2D eigenvalue weighted by atomic mass is 9.99. The molecule has 0 heterocycles. The lowest BCUT2D eigenvalue weighted by Crippen LogP contribution is -2.25. The minimum atomic E-state index is -0.944. The van der Waals surface area contributed by atoms with Gasteiger partial charge in [-0.2, -0.15) is 0 Å². The number of Topliss-reactive ketones (excluding diaryl/α,β-unsaturated/α-hetero) is 1. The van der Waals surface area contributed by atoms with Crippen LogP contribution in [0.1, 0.15) is 19.8 Å². The second-order valence-electron chi connectivity index (χ2n) is 3.53. The van der Waals surface area contributed by atoms with E-state index >= 15 is 0 Å². The van der Waals surface area contributed by atoms with Crippen LogP contribution in [-0.2, 0) is 9.59 Å². The van der Waals surface area contributed by atoms with Crippen LogP contribution < -0.4 is 0 Å². The molecule has 0 saturated heterocycles. The van der Waals surface area contributed by atoms with Crippen molar-refractivity contribution < 1.29 is 14.7 Å². The molecule has 2 aliphatic carbocycles. The van der Waals surface area contributed by atoms with Crippen molar-refractivity contribution in [3.05, 3.63) is 0 Å². The summed E-state index contributed by atoms with van der Waals surface area (Å²) in [7, 11) is 0. The number of hydrogen-bond acceptors (Lipinski definition) is 2. The summed E-state index contributed by atoms with van der Waals surface area (Å²) in [6.07, 6.45) is 1.26. The molecule has 0 aromatic heterocycles. The molecule has 0 unspecified atom stereocenters. The monoisotopic (exact) mass is 154 g/mol. The summed E-state index contributed by atoms with van der Waals surface area (Å²) in [5.41, 5.74) is -0.944. The molecule has 0 amide bonds. The lowest BCUT2D eigenvalue weighted by molar-refractivity contribution is -0.148. The van der Waals surface area contributed by atoms with Gasteiger partial charge in [-0.05, 0) is 18.3 Å². The molecular formula is C8H10O3. The van der Waals surface area contributed by atoms with Crippen molar-refractivity contribution in [3.8, 4) is 0 Å². The van der Waals surface area contributed by atoms with Crippen LogP contribution in [0.5, 0.6) is 0 Å². The Morgan fingerprint density at radius 3 is 2.64 bits per heavy atom. The minimum absolute atomic E-state index is 0.0532. The summed E-state index contributed by atoms with van der Waals surface area (Å²) < 4.78 is 0. The highest BCUT2D eigenvalue weighted by atomic mass is 16.4. The molecular weight excluding hydrogens is 144 g/mol. The molecule has 2 fully saturated rings. The maximum Gasteiger partial charge on any atom is 0.317 e. The third kappa shape index (κ3) is 0.513. The highest BCUT2D eigenvalue weighted by Crippen LogP contribution is 2.66. The van der Waals surface area contributed by atoms with Crippen LogP contribution in [0.15, 0.2) is 0 Å². The Labute approximate surface area is 64.4 Å². The van der Waals surface area contributed by atoms with Crippen molar-refractivity contribution in [1.29, 1.82) is 0 Å². The van der Waals surface area contributed by atoms with Gasteiger partial charge in [0.15, 0.2) is 5.78 Å². The number of carbonyl (C=O) groups excluding carboxylic acids is 1. The summed E-state index contributed by atoms with van der Waals surface area (Å²) >= 11 is 0. The zero-order valence-electron chi connectivity index (χ0n) is 6.33. The average molecular weight is 154 g/mol. The first-order chi connectivity index (χ1) is 5.11. The van der Waals surface area contributed by atoms with E-state index in [1.54, 1.807) is 0 Å². The summed E-state index contributed by atoms with van der Waals surface area (Å²) in [6, 6.07) is 0. The smallest absolute Gasteiger partial charge is 0.317 e. The van der Waals surface area contributed by atoms with Crippen LogP contribution in [0.4, 0.5) is 0 Å². The van der Waals surface area contributed by atoms with Crippen LogP contribution in [0, 0.1) is 17.3 Å². The molecule has 0 spiro atoms. The molecule has 0 radical (unpaired) electrons. The fraction of sp³-hybridized carbons (Fsp3) is 0.750. The average Bonchev–Trinajstić information content (AvgIpc) is 2.32. The van der Waals surface area contributed by atoms with Crippen molar-refractivity contribution in [2.75, 3.05) is 0 Å². The first kappa shape index (κ1) is 6.83. The number of rotatable bonds is 1.